The van der Waals surface area contributed by atoms with Gasteiger partial charge >= 0.3 is 17.9 Å². The molecule has 470 valence electrons. The summed E-state index contributed by atoms with van der Waals surface area (Å²) in [6, 6.07) is 0. The number of hydrogen-bond acceptors (Lipinski definition) is 7. The van der Waals surface area contributed by atoms with Gasteiger partial charge < -0.3 is 28.5 Å². The molecule has 0 aliphatic carbocycles. The lowest BCUT2D eigenvalue weighted by molar-refractivity contribution is -0.870. The fourth-order valence-corrected chi connectivity index (χ4v) is 9.81. The molecule has 0 aliphatic heterocycles. The Morgan fingerprint density at radius 1 is 0.383 bits per heavy atom. The van der Waals surface area contributed by atoms with Crippen molar-refractivity contribution in [2.75, 3.05) is 47.5 Å². The number of carbonyl (C=O) groups excluding carboxylic acids is 2. The summed E-state index contributed by atoms with van der Waals surface area (Å²) in [5.74, 6) is -2.11. The molecule has 0 saturated carbocycles. The Bertz CT molecular complexity index is 1560. The average molecular weight is 1140 g/mol. The number of rotatable bonds is 63. The van der Waals surface area contributed by atoms with Gasteiger partial charge in [-0.25, -0.2) is 4.79 Å². The van der Waals surface area contributed by atoms with Gasteiger partial charge in [0.1, 0.15) is 13.2 Å². The lowest BCUT2D eigenvalue weighted by atomic mass is 10.0. The standard InChI is InChI=1S/C72H129NO8/c1-6-8-10-12-14-16-18-20-22-24-26-27-28-29-30-31-32-33-34-35-36-37-38-39-40-41-42-43-45-46-48-50-52-54-56-58-60-62-69(74)79-66-68(67-80-72(71(76)77)78-65-64-73(3,4)5)81-70(75)63-61-59-57-55-53-51-49-47-44-25-23-21-19-17-15-13-11-9-7-2/h9,11,15,17,21,23,44,47,51,53,57,59,68,72H,6-8,10,12-14,16,18-20,22,24-43,45-46,48-50,52,54-56,58,60-67H2,1-5H3/p+1/b11-9-,17-15-,23-21-,47-44-,53-51-,59-57-. The highest BCUT2D eigenvalue weighted by Gasteiger charge is 2.25. The van der Waals surface area contributed by atoms with Crippen LogP contribution >= 0.6 is 0 Å². The van der Waals surface area contributed by atoms with E-state index in [9.17, 15) is 19.5 Å². The summed E-state index contributed by atoms with van der Waals surface area (Å²) >= 11 is 0. The molecule has 0 aromatic heterocycles. The maximum absolute atomic E-state index is 12.8. The van der Waals surface area contributed by atoms with E-state index in [1.807, 2.05) is 33.3 Å². The van der Waals surface area contributed by atoms with E-state index >= 15 is 0 Å². The van der Waals surface area contributed by atoms with Gasteiger partial charge in [-0.3, -0.25) is 9.59 Å². The van der Waals surface area contributed by atoms with Gasteiger partial charge in [0.25, 0.3) is 6.29 Å². The molecule has 9 nitrogen and oxygen atoms in total. The van der Waals surface area contributed by atoms with Crippen LogP contribution in [0.3, 0.4) is 0 Å². The molecule has 2 atom stereocenters. The Hall–Kier alpha value is -3.27. The van der Waals surface area contributed by atoms with Gasteiger partial charge in [-0.05, 0) is 51.4 Å². The molecule has 0 aromatic rings. The van der Waals surface area contributed by atoms with E-state index in [4.69, 9.17) is 18.9 Å². The highest BCUT2D eigenvalue weighted by atomic mass is 16.7. The fourth-order valence-electron chi connectivity index (χ4n) is 9.81. The molecule has 0 heterocycles. The Labute approximate surface area is 500 Å². The molecule has 81 heavy (non-hydrogen) atoms. The molecule has 0 rings (SSSR count). The third-order valence-corrected chi connectivity index (χ3v) is 15.0. The fraction of sp³-hybridized carbons (Fsp3) is 0.792. The van der Waals surface area contributed by atoms with Crippen LogP contribution in [0.5, 0.6) is 0 Å². The van der Waals surface area contributed by atoms with Gasteiger partial charge in [0, 0.05) is 12.8 Å². The number of quaternary nitrogens is 1. The van der Waals surface area contributed by atoms with E-state index in [2.05, 4.69) is 74.6 Å². The predicted octanol–water partition coefficient (Wildman–Crippen LogP) is 20.9. The molecule has 1 N–H and O–H groups in total. The SMILES string of the molecule is CC/C=C\C/C=C\C/C=C\C/C=C\C/C=C\C/C=C\CCC(=O)OC(COC(=O)CCCCCCCCCCCCCCCCCCCCCCCCCCCCCCCCCCCCCCC)COC(OCC[N+](C)(C)C)C(=O)O. The Balaban J connectivity index is 4.04. The zero-order valence-electron chi connectivity index (χ0n) is 53.7. The third kappa shape index (κ3) is 64.1. The first-order chi connectivity index (χ1) is 39.6. The highest BCUT2D eigenvalue weighted by molar-refractivity contribution is 5.71. The van der Waals surface area contributed by atoms with Crippen LogP contribution in [0.1, 0.15) is 309 Å². The van der Waals surface area contributed by atoms with Crippen LogP contribution in [0, 0.1) is 0 Å². The van der Waals surface area contributed by atoms with Crippen molar-refractivity contribution in [3.05, 3.63) is 72.9 Å². The Morgan fingerprint density at radius 2 is 0.704 bits per heavy atom. The van der Waals surface area contributed by atoms with Crippen molar-refractivity contribution < 1.29 is 42.9 Å². The average Bonchev–Trinajstić information content (AvgIpc) is 3.44. The smallest absolute Gasteiger partial charge is 0.361 e. The molecule has 0 aromatic carbocycles. The van der Waals surface area contributed by atoms with Crippen LogP contribution in [0.2, 0.25) is 0 Å². The quantitative estimate of drug-likeness (QED) is 0.0211. The summed E-state index contributed by atoms with van der Waals surface area (Å²) in [6.45, 7) is 4.71. The molecule has 9 heteroatoms. The van der Waals surface area contributed by atoms with Crippen molar-refractivity contribution in [2.24, 2.45) is 0 Å². The van der Waals surface area contributed by atoms with Crippen molar-refractivity contribution in [1.29, 1.82) is 0 Å². The van der Waals surface area contributed by atoms with Crippen LogP contribution < -0.4 is 0 Å². The maximum Gasteiger partial charge on any atom is 0.361 e. The first kappa shape index (κ1) is 77.7. The normalized spacial score (nSPS) is 13.1. The van der Waals surface area contributed by atoms with E-state index in [-0.39, 0.29) is 38.6 Å². The first-order valence-electron chi connectivity index (χ1n) is 34.1. The van der Waals surface area contributed by atoms with E-state index in [0.29, 0.717) is 17.4 Å². The molecular formula is C72H130NO8+. The number of aliphatic carboxylic acids is 1. The highest BCUT2D eigenvalue weighted by Crippen LogP contribution is 2.18. The molecule has 0 spiro atoms. The number of carboxylic acid groups (broad SMARTS) is 1. The number of carboxylic acids is 1. The van der Waals surface area contributed by atoms with E-state index in [1.165, 1.54) is 218 Å². The van der Waals surface area contributed by atoms with Gasteiger partial charge in [0.2, 0.25) is 0 Å². The minimum absolute atomic E-state index is 0.134. The van der Waals surface area contributed by atoms with E-state index in [0.717, 1.165) is 57.8 Å². The van der Waals surface area contributed by atoms with Gasteiger partial charge in [-0.2, -0.15) is 0 Å². The summed E-state index contributed by atoms with van der Waals surface area (Å²) in [6.07, 6.45) is 80.6. The van der Waals surface area contributed by atoms with Crippen LogP contribution in [0.25, 0.3) is 0 Å². The topological polar surface area (TPSA) is 108 Å². The molecule has 2 unspecified atom stereocenters. The lowest BCUT2D eigenvalue weighted by Gasteiger charge is -2.25. The van der Waals surface area contributed by atoms with Crippen LogP contribution in [0.4, 0.5) is 0 Å². The van der Waals surface area contributed by atoms with Crippen molar-refractivity contribution in [2.45, 2.75) is 322 Å². The minimum Gasteiger partial charge on any atom is -0.477 e. The molecular weight excluding hydrogens is 1010 g/mol. The minimum atomic E-state index is -1.53. The number of hydrogen-bond donors (Lipinski definition) is 1. The zero-order valence-corrected chi connectivity index (χ0v) is 53.7. The summed E-state index contributed by atoms with van der Waals surface area (Å²) < 4.78 is 22.8. The second kappa shape index (κ2) is 62.8. The second-order valence-electron chi connectivity index (χ2n) is 24.1. The van der Waals surface area contributed by atoms with Gasteiger partial charge in [-0.1, -0.05) is 318 Å². The number of allylic oxidation sites excluding steroid dienone is 12. The van der Waals surface area contributed by atoms with Gasteiger partial charge in [0.15, 0.2) is 6.10 Å². The largest absolute Gasteiger partial charge is 0.477 e. The zero-order chi connectivity index (χ0) is 59.1. The third-order valence-electron chi connectivity index (χ3n) is 15.0. The van der Waals surface area contributed by atoms with Crippen LogP contribution in [-0.4, -0.2) is 87.4 Å². The summed E-state index contributed by atoms with van der Waals surface area (Å²) in [5, 5.41) is 9.71. The molecule has 0 aliphatic rings. The number of ether oxygens (including phenoxy) is 4. The maximum atomic E-state index is 12.8. The number of unbranched alkanes of at least 4 members (excludes halogenated alkanes) is 36. The number of esters is 2. The summed E-state index contributed by atoms with van der Waals surface area (Å²) in [4.78, 5) is 37.5. The number of carbonyl (C=O) groups is 3. The first-order valence-corrected chi connectivity index (χ1v) is 34.1. The monoisotopic (exact) mass is 1140 g/mol. The van der Waals surface area contributed by atoms with Crippen molar-refractivity contribution in [3.8, 4) is 0 Å². The lowest BCUT2D eigenvalue weighted by Crippen LogP contribution is -2.40. The van der Waals surface area contributed by atoms with Gasteiger partial charge in [0.05, 0.1) is 34.4 Å². The van der Waals surface area contributed by atoms with Crippen molar-refractivity contribution >= 4 is 17.9 Å². The Morgan fingerprint density at radius 3 is 1.02 bits per heavy atom. The Kier molecular flexibility index (Phi) is 60.2. The number of likely N-dealkylation sites (N-methyl/N-ethyl adjacent to an activating group) is 1. The van der Waals surface area contributed by atoms with E-state index in [1.54, 1.807) is 0 Å². The predicted molar refractivity (Wildman–Crippen MR) is 346 cm³/mol. The molecule has 0 amide bonds. The summed E-state index contributed by atoms with van der Waals surface area (Å²) in [5.41, 5.74) is 0. The molecule has 0 saturated heterocycles. The molecule has 0 radical (unpaired) electrons. The van der Waals surface area contributed by atoms with Crippen molar-refractivity contribution in [3.63, 3.8) is 0 Å². The molecule has 0 bridgehead atoms. The van der Waals surface area contributed by atoms with Crippen molar-refractivity contribution in [1.82, 2.24) is 0 Å². The summed E-state index contributed by atoms with van der Waals surface area (Å²) in [7, 11) is 5.95. The van der Waals surface area contributed by atoms with Crippen LogP contribution in [0.15, 0.2) is 72.9 Å². The number of nitrogens with zero attached hydrogens (tertiary/aromatic N) is 1. The second-order valence-corrected chi connectivity index (χ2v) is 24.1. The van der Waals surface area contributed by atoms with Gasteiger partial charge in [-0.15, -0.1) is 0 Å². The van der Waals surface area contributed by atoms with E-state index < -0.39 is 24.3 Å². The molecule has 0 fully saturated rings. The van der Waals surface area contributed by atoms with Crippen LogP contribution in [-0.2, 0) is 33.3 Å².